The third-order valence-electron chi connectivity index (χ3n) is 5.80. The fourth-order valence-corrected chi connectivity index (χ4v) is 3.94. The highest BCUT2D eigenvalue weighted by atomic mass is 16.5. The molecule has 1 aliphatic rings. The Hall–Kier alpha value is -3.38. The van der Waals surface area contributed by atoms with E-state index in [1.54, 1.807) is 14.2 Å². The third-order valence-corrected chi connectivity index (χ3v) is 5.80. The molecule has 172 valence electrons. The lowest BCUT2D eigenvalue weighted by Gasteiger charge is -2.11. The van der Waals surface area contributed by atoms with Gasteiger partial charge in [-0.2, -0.15) is 0 Å². The first-order valence-electron chi connectivity index (χ1n) is 11.2. The molecule has 33 heavy (non-hydrogen) atoms. The average Bonchev–Trinajstić information content (AvgIpc) is 3.40. The normalized spacial score (nSPS) is 15.3. The zero-order valence-corrected chi connectivity index (χ0v) is 19.1. The van der Waals surface area contributed by atoms with Gasteiger partial charge in [-0.3, -0.25) is 4.79 Å². The zero-order chi connectivity index (χ0) is 23.0. The Balaban J connectivity index is 1.38. The molecule has 6 nitrogen and oxygen atoms in total. The number of hydrogen-bond donors (Lipinski definition) is 0. The van der Waals surface area contributed by atoms with Crippen LogP contribution in [0.15, 0.2) is 60.7 Å². The van der Waals surface area contributed by atoms with E-state index >= 15 is 0 Å². The predicted octanol–water partition coefficient (Wildman–Crippen LogP) is 4.54. The molecule has 0 radical (unpaired) electrons. The molecule has 0 spiro atoms. The Kier molecular flexibility index (Phi) is 7.58. The molecule has 1 atom stereocenters. The SMILES string of the molecule is COc1ccc(CCOc2cccc(-c3cccc(CC(=O)C4CCOC4)c3)n2)cc1OC. The van der Waals surface area contributed by atoms with E-state index in [9.17, 15) is 4.79 Å². The number of pyridine rings is 1. The van der Waals surface area contributed by atoms with E-state index in [-0.39, 0.29) is 11.7 Å². The van der Waals surface area contributed by atoms with Crippen molar-refractivity contribution >= 4 is 5.78 Å². The maximum Gasteiger partial charge on any atom is 0.213 e. The van der Waals surface area contributed by atoms with Gasteiger partial charge in [-0.25, -0.2) is 4.98 Å². The van der Waals surface area contributed by atoms with Gasteiger partial charge in [-0.05, 0) is 41.8 Å². The third kappa shape index (κ3) is 5.90. The number of carbonyl (C=O) groups is 1. The van der Waals surface area contributed by atoms with E-state index in [4.69, 9.17) is 18.9 Å². The number of methoxy groups -OCH3 is 2. The molecular weight excluding hydrogens is 418 g/mol. The molecule has 0 aliphatic carbocycles. The van der Waals surface area contributed by atoms with Gasteiger partial charge in [0.05, 0.1) is 33.1 Å². The maximum absolute atomic E-state index is 12.5. The molecule has 1 saturated heterocycles. The summed E-state index contributed by atoms with van der Waals surface area (Å²) in [4.78, 5) is 17.2. The van der Waals surface area contributed by atoms with Gasteiger partial charge in [0, 0.05) is 37.0 Å². The quantitative estimate of drug-likeness (QED) is 0.455. The van der Waals surface area contributed by atoms with Crippen LogP contribution in [0.2, 0.25) is 0 Å². The van der Waals surface area contributed by atoms with Crippen LogP contribution in [0.1, 0.15) is 17.5 Å². The second-order valence-electron chi connectivity index (χ2n) is 8.05. The van der Waals surface area contributed by atoms with Crippen molar-refractivity contribution in [1.82, 2.24) is 4.98 Å². The molecule has 1 fully saturated rings. The summed E-state index contributed by atoms with van der Waals surface area (Å²) in [5, 5.41) is 0. The lowest BCUT2D eigenvalue weighted by atomic mass is 9.96. The maximum atomic E-state index is 12.5. The number of rotatable bonds is 10. The van der Waals surface area contributed by atoms with Crippen molar-refractivity contribution in [2.24, 2.45) is 5.92 Å². The first kappa shape index (κ1) is 22.8. The molecule has 0 N–H and O–H groups in total. The first-order chi connectivity index (χ1) is 16.2. The molecule has 0 bridgehead atoms. The Bertz CT molecular complexity index is 1090. The van der Waals surface area contributed by atoms with Crippen molar-refractivity contribution in [3.05, 3.63) is 71.8 Å². The first-order valence-corrected chi connectivity index (χ1v) is 11.2. The molecule has 2 aromatic carbocycles. The van der Waals surface area contributed by atoms with Crippen LogP contribution in [0.4, 0.5) is 0 Å². The molecule has 0 amide bonds. The van der Waals surface area contributed by atoms with Crippen molar-refractivity contribution in [3.63, 3.8) is 0 Å². The number of ketones is 1. The van der Waals surface area contributed by atoms with Crippen LogP contribution >= 0.6 is 0 Å². The van der Waals surface area contributed by atoms with Crippen LogP contribution in [0.3, 0.4) is 0 Å². The second kappa shape index (κ2) is 11.0. The Morgan fingerprint density at radius 3 is 2.64 bits per heavy atom. The fourth-order valence-electron chi connectivity index (χ4n) is 3.94. The number of hydrogen-bond acceptors (Lipinski definition) is 6. The molecule has 1 unspecified atom stereocenters. The average molecular weight is 448 g/mol. The van der Waals surface area contributed by atoms with E-state index < -0.39 is 0 Å². The van der Waals surface area contributed by atoms with Gasteiger partial charge in [0.15, 0.2) is 11.5 Å². The fraction of sp³-hybridized carbons (Fsp3) is 0.333. The monoisotopic (exact) mass is 447 g/mol. The number of Topliss-reactive ketones (excluding diaryl/α,β-unsaturated/α-hetero) is 1. The van der Waals surface area contributed by atoms with Gasteiger partial charge in [0.2, 0.25) is 5.88 Å². The smallest absolute Gasteiger partial charge is 0.213 e. The van der Waals surface area contributed by atoms with E-state index in [1.807, 2.05) is 60.7 Å². The van der Waals surface area contributed by atoms with Crippen molar-refractivity contribution in [1.29, 1.82) is 0 Å². The lowest BCUT2D eigenvalue weighted by molar-refractivity contribution is -0.122. The van der Waals surface area contributed by atoms with E-state index in [0.717, 1.165) is 35.2 Å². The van der Waals surface area contributed by atoms with Gasteiger partial charge in [0.25, 0.3) is 0 Å². The van der Waals surface area contributed by atoms with Crippen molar-refractivity contribution in [3.8, 4) is 28.6 Å². The molecule has 2 heterocycles. The minimum Gasteiger partial charge on any atom is -0.493 e. The highest BCUT2D eigenvalue weighted by Crippen LogP contribution is 2.28. The molecule has 1 aromatic heterocycles. The lowest BCUT2D eigenvalue weighted by Crippen LogP contribution is -2.16. The van der Waals surface area contributed by atoms with E-state index in [2.05, 4.69) is 4.98 Å². The number of carbonyl (C=O) groups excluding carboxylic acids is 1. The minimum absolute atomic E-state index is 0.0224. The summed E-state index contributed by atoms with van der Waals surface area (Å²) < 4.78 is 21.9. The predicted molar refractivity (Wildman–Crippen MR) is 126 cm³/mol. The van der Waals surface area contributed by atoms with Gasteiger partial charge in [0.1, 0.15) is 5.78 Å². The van der Waals surface area contributed by atoms with Gasteiger partial charge in [-0.1, -0.05) is 30.3 Å². The molecule has 6 heteroatoms. The van der Waals surface area contributed by atoms with Gasteiger partial charge < -0.3 is 18.9 Å². The molecular formula is C27H29NO5. The zero-order valence-electron chi connectivity index (χ0n) is 19.1. The number of aromatic nitrogens is 1. The highest BCUT2D eigenvalue weighted by molar-refractivity contribution is 5.84. The standard InChI is InChI=1S/C27H29NO5/c1-30-25-10-9-19(17-26(25)31-2)11-14-33-27-8-4-7-23(28-27)21-6-3-5-20(15-21)16-24(29)22-12-13-32-18-22/h3-10,15,17,22H,11-14,16,18H2,1-2H3. The minimum atomic E-state index is 0.0224. The molecule has 1 aliphatic heterocycles. The summed E-state index contributed by atoms with van der Waals surface area (Å²) >= 11 is 0. The topological polar surface area (TPSA) is 66.9 Å². The Morgan fingerprint density at radius 2 is 1.85 bits per heavy atom. The van der Waals surface area contributed by atoms with E-state index in [0.29, 0.717) is 43.6 Å². The van der Waals surface area contributed by atoms with Crippen LogP contribution in [-0.2, 0) is 22.4 Å². The van der Waals surface area contributed by atoms with Crippen molar-refractivity contribution in [2.75, 3.05) is 34.0 Å². The second-order valence-corrected chi connectivity index (χ2v) is 8.05. The summed E-state index contributed by atoms with van der Waals surface area (Å²) in [6.07, 6.45) is 1.96. The van der Waals surface area contributed by atoms with Crippen molar-refractivity contribution in [2.45, 2.75) is 19.3 Å². The summed E-state index contributed by atoms with van der Waals surface area (Å²) in [7, 11) is 3.25. The van der Waals surface area contributed by atoms with Crippen LogP contribution in [0, 0.1) is 5.92 Å². The number of ether oxygens (including phenoxy) is 4. The molecule has 4 rings (SSSR count). The Morgan fingerprint density at radius 1 is 1.00 bits per heavy atom. The Labute approximate surface area is 194 Å². The molecule has 3 aromatic rings. The largest absolute Gasteiger partial charge is 0.493 e. The van der Waals surface area contributed by atoms with E-state index in [1.165, 1.54) is 0 Å². The summed E-state index contributed by atoms with van der Waals surface area (Å²) in [6.45, 7) is 1.71. The van der Waals surface area contributed by atoms with Crippen LogP contribution in [0.25, 0.3) is 11.3 Å². The summed E-state index contributed by atoms with van der Waals surface area (Å²) in [5.74, 6) is 2.24. The number of nitrogens with zero attached hydrogens (tertiary/aromatic N) is 1. The summed E-state index contributed by atoms with van der Waals surface area (Å²) in [6, 6.07) is 19.6. The van der Waals surface area contributed by atoms with Crippen LogP contribution in [-0.4, -0.2) is 44.8 Å². The van der Waals surface area contributed by atoms with Crippen molar-refractivity contribution < 1.29 is 23.7 Å². The van der Waals surface area contributed by atoms with Crippen LogP contribution < -0.4 is 14.2 Å². The van der Waals surface area contributed by atoms with Crippen LogP contribution in [0.5, 0.6) is 17.4 Å². The summed E-state index contributed by atoms with van der Waals surface area (Å²) in [5.41, 5.74) is 3.87. The van der Waals surface area contributed by atoms with Gasteiger partial charge in [-0.15, -0.1) is 0 Å². The number of benzene rings is 2. The molecule has 0 saturated carbocycles. The highest BCUT2D eigenvalue weighted by Gasteiger charge is 2.23. The van der Waals surface area contributed by atoms with Gasteiger partial charge >= 0.3 is 0 Å².